The van der Waals surface area contributed by atoms with Gasteiger partial charge in [0.15, 0.2) is 0 Å². The van der Waals surface area contributed by atoms with Gasteiger partial charge in [-0.05, 0) is 44.2 Å². The molecule has 0 amide bonds. The molecule has 1 aromatic carbocycles. The normalized spacial score (nSPS) is 10.6. The van der Waals surface area contributed by atoms with Crippen molar-refractivity contribution in [1.82, 2.24) is 9.78 Å². The molecule has 2 aromatic rings. The molecule has 0 atom stereocenters. The number of hydrogen-bond acceptors (Lipinski definition) is 3. The summed E-state index contributed by atoms with van der Waals surface area (Å²) in [6, 6.07) is 9.32. The van der Waals surface area contributed by atoms with Gasteiger partial charge in [-0.1, -0.05) is 0 Å². The lowest BCUT2D eigenvalue weighted by molar-refractivity contribution is 0.112. The molecule has 4 heteroatoms. The third-order valence-corrected chi connectivity index (χ3v) is 2.60. The van der Waals surface area contributed by atoms with Crippen LogP contribution in [0.1, 0.15) is 35.9 Å². The molecule has 18 heavy (non-hydrogen) atoms. The minimum atomic E-state index is 0.352. The van der Waals surface area contributed by atoms with E-state index in [0.29, 0.717) is 18.2 Å². The summed E-state index contributed by atoms with van der Waals surface area (Å²) < 4.78 is 7.49. The maximum absolute atomic E-state index is 10.5. The summed E-state index contributed by atoms with van der Waals surface area (Å²) in [5.74, 6) is 0.736. The second kappa shape index (κ2) is 5.49. The van der Waals surface area contributed by atoms with Gasteiger partial charge in [0.2, 0.25) is 0 Å². The van der Waals surface area contributed by atoms with Crippen molar-refractivity contribution >= 4 is 6.29 Å². The fraction of sp³-hybridized carbons (Fsp3) is 0.286. The Morgan fingerprint density at radius 1 is 1.28 bits per heavy atom. The van der Waals surface area contributed by atoms with E-state index < -0.39 is 0 Å². The molecule has 0 aliphatic rings. The monoisotopic (exact) mass is 244 g/mol. The first-order valence-corrected chi connectivity index (χ1v) is 5.91. The minimum absolute atomic E-state index is 0.352. The van der Waals surface area contributed by atoms with Crippen molar-refractivity contribution in [3.63, 3.8) is 0 Å². The van der Waals surface area contributed by atoms with E-state index in [9.17, 15) is 4.79 Å². The Hall–Kier alpha value is -2.10. The molecule has 0 N–H and O–H groups in total. The van der Waals surface area contributed by atoms with E-state index in [-0.39, 0.29) is 0 Å². The van der Waals surface area contributed by atoms with Crippen molar-refractivity contribution in [3.8, 4) is 5.75 Å². The summed E-state index contributed by atoms with van der Waals surface area (Å²) in [5, 5.41) is 4.39. The molecular formula is C14H16N2O2. The van der Waals surface area contributed by atoms with Crippen molar-refractivity contribution < 1.29 is 9.53 Å². The number of aldehydes is 1. The molecule has 94 valence electrons. The zero-order chi connectivity index (χ0) is 13.0. The number of carbonyl (C=O) groups excluding carboxylic acids is 1. The topological polar surface area (TPSA) is 44.1 Å². The first kappa shape index (κ1) is 12.4. The van der Waals surface area contributed by atoms with Gasteiger partial charge in [0.25, 0.3) is 0 Å². The minimum Gasteiger partial charge on any atom is -0.487 e. The Morgan fingerprint density at radius 2 is 2.00 bits per heavy atom. The summed E-state index contributed by atoms with van der Waals surface area (Å²) in [6.07, 6.45) is 2.76. The number of benzene rings is 1. The number of carbonyl (C=O) groups is 1. The zero-order valence-corrected chi connectivity index (χ0v) is 10.5. The highest BCUT2D eigenvalue weighted by molar-refractivity contribution is 5.74. The molecule has 0 saturated heterocycles. The highest BCUT2D eigenvalue weighted by Gasteiger charge is 2.02. The smallest absolute Gasteiger partial charge is 0.150 e. The van der Waals surface area contributed by atoms with E-state index in [2.05, 4.69) is 18.9 Å². The standard InChI is InChI=1S/C14H16N2O2/c1-11(2)16-8-7-13(15-16)10-18-14-5-3-12(9-17)4-6-14/h3-9,11H,10H2,1-2H3. The van der Waals surface area contributed by atoms with Crippen LogP contribution in [0, 0.1) is 0 Å². The highest BCUT2D eigenvalue weighted by Crippen LogP contribution is 2.13. The van der Waals surface area contributed by atoms with Gasteiger partial charge in [-0.2, -0.15) is 5.10 Å². The summed E-state index contributed by atoms with van der Waals surface area (Å²) in [7, 11) is 0. The molecule has 0 unspecified atom stereocenters. The summed E-state index contributed by atoms with van der Waals surface area (Å²) >= 11 is 0. The fourth-order valence-corrected chi connectivity index (χ4v) is 1.54. The number of nitrogens with zero attached hydrogens (tertiary/aromatic N) is 2. The van der Waals surface area contributed by atoms with E-state index in [1.807, 2.05) is 16.9 Å². The predicted octanol–water partition coefficient (Wildman–Crippen LogP) is 2.86. The molecule has 4 nitrogen and oxygen atoms in total. The molecule has 0 radical (unpaired) electrons. The molecule has 0 saturated carbocycles. The van der Waals surface area contributed by atoms with Crippen molar-refractivity contribution in [3.05, 3.63) is 47.8 Å². The SMILES string of the molecule is CC(C)n1ccc(COc2ccc(C=O)cc2)n1. The van der Waals surface area contributed by atoms with Crippen LogP contribution in [-0.4, -0.2) is 16.1 Å². The van der Waals surface area contributed by atoms with Gasteiger partial charge in [0.05, 0.1) is 5.69 Å². The van der Waals surface area contributed by atoms with Crippen LogP contribution < -0.4 is 4.74 Å². The van der Waals surface area contributed by atoms with Crippen LogP contribution in [-0.2, 0) is 6.61 Å². The number of rotatable bonds is 5. The Balaban J connectivity index is 1.95. The Bertz CT molecular complexity index is 515. The lowest BCUT2D eigenvalue weighted by Gasteiger charge is -2.05. The Labute approximate surface area is 106 Å². The lowest BCUT2D eigenvalue weighted by atomic mass is 10.2. The molecule has 2 rings (SSSR count). The van der Waals surface area contributed by atoms with Crippen LogP contribution in [0.15, 0.2) is 36.5 Å². The first-order chi connectivity index (χ1) is 8.69. The van der Waals surface area contributed by atoms with Gasteiger partial charge in [0.1, 0.15) is 18.6 Å². The van der Waals surface area contributed by atoms with E-state index in [0.717, 1.165) is 17.7 Å². The third-order valence-electron chi connectivity index (χ3n) is 2.60. The molecule has 1 heterocycles. The third kappa shape index (κ3) is 2.97. The molecule has 1 aromatic heterocycles. The zero-order valence-electron chi connectivity index (χ0n) is 10.5. The maximum atomic E-state index is 10.5. The van der Waals surface area contributed by atoms with Crippen LogP contribution in [0.5, 0.6) is 5.75 Å². The van der Waals surface area contributed by atoms with Crippen LogP contribution in [0.4, 0.5) is 0 Å². The number of hydrogen-bond donors (Lipinski definition) is 0. The Kier molecular flexibility index (Phi) is 3.77. The average molecular weight is 244 g/mol. The van der Waals surface area contributed by atoms with E-state index >= 15 is 0 Å². The summed E-state index contributed by atoms with van der Waals surface area (Å²) in [5.41, 5.74) is 1.54. The average Bonchev–Trinajstić information content (AvgIpc) is 2.86. The van der Waals surface area contributed by atoms with Gasteiger partial charge in [-0.3, -0.25) is 9.48 Å². The largest absolute Gasteiger partial charge is 0.487 e. The summed E-state index contributed by atoms with van der Waals surface area (Å²) in [4.78, 5) is 10.5. The van der Waals surface area contributed by atoms with Crippen molar-refractivity contribution in [2.24, 2.45) is 0 Å². The molecule has 0 spiro atoms. The molecular weight excluding hydrogens is 228 g/mol. The van der Waals surface area contributed by atoms with Crippen molar-refractivity contribution in [1.29, 1.82) is 0 Å². The number of ether oxygens (including phenoxy) is 1. The molecule has 0 bridgehead atoms. The molecule has 0 aliphatic carbocycles. The van der Waals surface area contributed by atoms with Crippen molar-refractivity contribution in [2.75, 3.05) is 0 Å². The van der Waals surface area contributed by atoms with Gasteiger partial charge in [0, 0.05) is 17.8 Å². The number of aromatic nitrogens is 2. The van der Waals surface area contributed by atoms with Gasteiger partial charge < -0.3 is 4.74 Å². The Morgan fingerprint density at radius 3 is 2.56 bits per heavy atom. The summed E-state index contributed by atoms with van der Waals surface area (Å²) in [6.45, 7) is 4.59. The van der Waals surface area contributed by atoms with Crippen LogP contribution in [0.2, 0.25) is 0 Å². The van der Waals surface area contributed by atoms with E-state index in [1.54, 1.807) is 24.3 Å². The lowest BCUT2D eigenvalue weighted by Crippen LogP contribution is -2.03. The second-order valence-electron chi connectivity index (χ2n) is 4.36. The van der Waals surface area contributed by atoms with Crippen molar-refractivity contribution in [2.45, 2.75) is 26.5 Å². The predicted molar refractivity (Wildman–Crippen MR) is 68.8 cm³/mol. The fourth-order valence-electron chi connectivity index (χ4n) is 1.54. The van der Waals surface area contributed by atoms with Gasteiger partial charge in [-0.15, -0.1) is 0 Å². The maximum Gasteiger partial charge on any atom is 0.150 e. The molecule has 0 aliphatic heterocycles. The quantitative estimate of drug-likeness (QED) is 0.760. The second-order valence-corrected chi connectivity index (χ2v) is 4.36. The van der Waals surface area contributed by atoms with E-state index in [4.69, 9.17) is 4.74 Å². The molecule has 0 fully saturated rings. The first-order valence-electron chi connectivity index (χ1n) is 5.91. The van der Waals surface area contributed by atoms with Gasteiger partial charge >= 0.3 is 0 Å². The highest BCUT2D eigenvalue weighted by atomic mass is 16.5. The van der Waals surface area contributed by atoms with Gasteiger partial charge in [-0.25, -0.2) is 0 Å². The van der Waals surface area contributed by atoms with Crippen LogP contribution in [0.25, 0.3) is 0 Å². The van der Waals surface area contributed by atoms with E-state index in [1.165, 1.54) is 0 Å². The van der Waals surface area contributed by atoms with Crippen LogP contribution >= 0.6 is 0 Å². The van der Waals surface area contributed by atoms with Crippen LogP contribution in [0.3, 0.4) is 0 Å².